The predicted octanol–water partition coefficient (Wildman–Crippen LogP) is 3.95. The van der Waals surface area contributed by atoms with Gasteiger partial charge in [0.05, 0.1) is 6.61 Å². The summed E-state index contributed by atoms with van der Waals surface area (Å²) >= 11 is 0. The normalized spacial score (nSPS) is 24.6. The van der Waals surface area contributed by atoms with Crippen LogP contribution in [-0.2, 0) is 6.42 Å². The highest BCUT2D eigenvalue weighted by molar-refractivity contribution is 5.46. The van der Waals surface area contributed by atoms with Crippen molar-refractivity contribution in [2.45, 2.75) is 46.6 Å². The molecule has 1 atom stereocenters. The van der Waals surface area contributed by atoms with Crippen LogP contribution in [0.1, 0.15) is 51.3 Å². The van der Waals surface area contributed by atoms with Gasteiger partial charge in [0.15, 0.2) is 0 Å². The molecule has 1 N–H and O–H groups in total. The Morgan fingerprint density at radius 2 is 1.90 bits per heavy atom. The molecule has 1 fully saturated rings. The van der Waals surface area contributed by atoms with E-state index in [1.165, 1.54) is 11.1 Å². The lowest BCUT2D eigenvalue weighted by molar-refractivity contribution is 0.278. The Kier molecular flexibility index (Phi) is 3.13. The monoisotopic (exact) mass is 273 g/mol. The van der Waals surface area contributed by atoms with Crippen LogP contribution >= 0.6 is 0 Å². The van der Waals surface area contributed by atoms with Crippen molar-refractivity contribution in [3.8, 4) is 5.75 Å². The van der Waals surface area contributed by atoms with Crippen molar-refractivity contribution in [1.29, 1.82) is 0 Å². The summed E-state index contributed by atoms with van der Waals surface area (Å²) in [4.78, 5) is 0. The maximum Gasteiger partial charge on any atom is 0.127 e. The molecule has 0 spiro atoms. The standard InChI is InChI=1S/C18H27NO/c1-17(2)16(18(17,3)4)14(19-5)13-10-6-8-12-9-7-11-20-15(12)13/h6,8,10,14,16,19H,7,9,11H2,1-5H3. The summed E-state index contributed by atoms with van der Waals surface area (Å²) in [6.45, 7) is 10.4. The van der Waals surface area contributed by atoms with Crippen molar-refractivity contribution < 1.29 is 4.74 Å². The maximum absolute atomic E-state index is 6.01. The molecule has 0 aromatic heterocycles. The van der Waals surface area contributed by atoms with Crippen LogP contribution in [-0.4, -0.2) is 13.7 Å². The Morgan fingerprint density at radius 3 is 2.50 bits per heavy atom. The molecule has 0 bridgehead atoms. The van der Waals surface area contributed by atoms with E-state index in [1.54, 1.807) is 0 Å². The van der Waals surface area contributed by atoms with Gasteiger partial charge in [-0.15, -0.1) is 0 Å². The first-order valence-electron chi connectivity index (χ1n) is 7.83. The molecular formula is C18H27NO. The minimum Gasteiger partial charge on any atom is -0.493 e. The summed E-state index contributed by atoms with van der Waals surface area (Å²) in [7, 11) is 2.08. The van der Waals surface area contributed by atoms with Gasteiger partial charge in [-0.05, 0) is 42.2 Å². The molecule has 1 heterocycles. The minimum absolute atomic E-state index is 0.373. The smallest absolute Gasteiger partial charge is 0.127 e. The number of nitrogens with one attached hydrogen (secondary N) is 1. The highest BCUT2D eigenvalue weighted by Gasteiger charge is 2.67. The molecule has 2 nitrogen and oxygen atoms in total. The first-order valence-corrected chi connectivity index (χ1v) is 7.83. The molecule has 2 aliphatic rings. The van der Waals surface area contributed by atoms with Crippen LogP contribution in [0, 0.1) is 16.7 Å². The van der Waals surface area contributed by atoms with E-state index in [2.05, 4.69) is 58.3 Å². The second kappa shape index (κ2) is 4.49. The fraction of sp³-hybridized carbons (Fsp3) is 0.667. The molecule has 1 aliphatic heterocycles. The van der Waals surface area contributed by atoms with Crippen LogP contribution in [0.4, 0.5) is 0 Å². The van der Waals surface area contributed by atoms with E-state index in [1.807, 2.05) is 0 Å². The van der Waals surface area contributed by atoms with Gasteiger partial charge in [-0.2, -0.15) is 0 Å². The quantitative estimate of drug-likeness (QED) is 0.900. The van der Waals surface area contributed by atoms with Crippen LogP contribution < -0.4 is 10.1 Å². The largest absolute Gasteiger partial charge is 0.493 e. The van der Waals surface area contributed by atoms with E-state index in [4.69, 9.17) is 4.74 Å². The Balaban J connectivity index is 2.00. The lowest BCUT2D eigenvalue weighted by atomic mass is 9.92. The van der Waals surface area contributed by atoms with Gasteiger partial charge in [-0.25, -0.2) is 0 Å². The maximum atomic E-state index is 6.01. The molecule has 1 saturated carbocycles. The van der Waals surface area contributed by atoms with Crippen LogP contribution in [0.25, 0.3) is 0 Å². The van der Waals surface area contributed by atoms with Gasteiger partial charge in [0.25, 0.3) is 0 Å². The summed E-state index contributed by atoms with van der Waals surface area (Å²) in [5.41, 5.74) is 3.48. The third kappa shape index (κ3) is 1.81. The first kappa shape index (κ1) is 13.9. The first-order chi connectivity index (χ1) is 9.41. The van der Waals surface area contributed by atoms with Crippen molar-refractivity contribution in [3.05, 3.63) is 29.3 Å². The van der Waals surface area contributed by atoms with E-state index < -0.39 is 0 Å². The fourth-order valence-corrected chi connectivity index (χ4v) is 4.24. The average molecular weight is 273 g/mol. The molecule has 2 heteroatoms. The Morgan fingerprint density at radius 1 is 1.20 bits per heavy atom. The molecule has 0 radical (unpaired) electrons. The zero-order valence-corrected chi connectivity index (χ0v) is 13.4. The third-order valence-corrected chi connectivity index (χ3v) is 6.08. The van der Waals surface area contributed by atoms with E-state index in [0.717, 1.165) is 25.2 Å². The van der Waals surface area contributed by atoms with Crippen LogP contribution in [0.3, 0.4) is 0 Å². The summed E-state index contributed by atoms with van der Waals surface area (Å²) in [6, 6.07) is 7.03. The molecule has 1 aliphatic carbocycles. The molecular weight excluding hydrogens is 246 g/mol. The van der Waals surface area contributed by atoms with Gasteiger partial charge >= 0.3 is 0 Å². The zero-order valence-electron chi connectivity index (χ0n) is 13.4. The number of ether oxygens (including phenoxy) is 1. The van der Waals surface area contributed by atoms with Gasteiger partial charge in [0.1, 0.15) is 5.75 Å². The topological polar surface area (TPSA) is 21.3 Å². The van der Waals surface area contributed by atoms with Crippen molar-refractivity contribution in [1.82, 2.24) is 5.32 Å². The fourth-order valence-electron chi connectivity index (χ4n) is 4.24. The number of benzene rings is 1. The Labute approximate surface area is 122 Å². The SMILES string of the molecule is CNC(c1cccc2c1OCCC2)C1C(C)(C)C1(C)C. The average Bonchev–Trinajstić information content (AvgIpc) is 2.83. The predicted molar refractivity (Wildman–Crippen MR) is 83.1 cm³/mol. The molecule has 1 unspecified atom stereocenters. The second-order valence-electron chi connectivity index (χ2n) is 7.47. The molecule has 110 valence electrons. The van der Waals surface area contributed by atoms with Gasteiger partial charge < -0.3 is 10.1 Å². The van der Waals surface area contributed by atoms with Crippen molar-refractivity contribution in [3.63, 3.8) is 0 Å². The highest BCUT2D eigenvalue weighted by Crippen LogP contribution is 2.72. The number of fused-ring (bicyclic) bond motifs is 1. The second-order valence-corrected chi connectivity index (χ2v) is 7.47. The number of para-hydroxylation sites is 1. The molecule has 20 heavy (non-hydrogen) atoms. The van der Waals surface area contributed by atoms with Crippen LogP contribution in [0.15, 0.2) is 18.2 Å². The van der Waals surface area contributed by atoms with Crippen molar-refractivity contribution in [2.24, 2.45) is 16.7 Å². The van der Waals surface area contributed by atoms with E-state index in [9.17, 15) is 0 Å². The Bertz CT molecular complexity index is 504. The number of rotatable bonds is 3. The van der Waals surface area contributed by atoms with Gasteiger partial charge in [-0.1, -0.05) is 45.9 Å². The van der Waals surface area contributed by atoms with Crippen molar-refractivity contribution >= 4 is 0 Å². The number of hydrogen-bond donors (Lipinski definition) is 1. The Hall–Kier alpha value is -1.02. The zero-order chi connectivity index (χ0) is 14.5. The van der Waals surface area contributed by atoms with Crippen LogP contribution in [0.5, 0.6) is 5.75 Å². The lowest BCUT2D eigenvalue weighted by Gasteiger charge is -2.26. The van der Waals surface area contributed by atoms with Gasteiger partial charge in [0.2, 0.25) is 0 Å². The van der Waals surface area contributed by atoms with E-state index in [0.29, 0.717) is 22.8 Å². The van der Waals surface area contributed by atoms with Crippen LogP contribution in [0.2, 0.25) is 0 Å². The highest BCUT2D eigenvalue weighted by atomic mass is 16.5. The summed E-state index contributed by atoms with van der Waals surface area (Å²) in [5.74, 6) is 1.80. The van der Waals surface area contributed by atoms with E-state index in [-0.39, 0.29) is 0 Å². The van der Waals surface area contributed by atoms with E-state index >= 15 is 0 Å². The summed E-state index contributed by atoms with van der Waals surface area (Å²) in [6.07, 6.45) is 2.29. The molecule has 3 rings (SSSR count). The summed E-state index contributed by atoms with van der Waals surface area (Å²) in [5, 5.41) is 3.56. The third-order valence-electron chi connectivity index (χ3n) is 6.08. The van der Waals surface area contributed by atoms with Gasteiger partial charge in [-0.3, -0.25) is 0 Å². The summed E-state index contributed by atoms with van der Waals surface area (Å²) < 4.78 is 6.01. The lowest BCUT2D eigenvalue weighted by Crippen LogP contribution is -2.23. The molecule has 1 aromatic rings. The van der Waals surface area contributed by atoms with Gasteiger partial charge in [0, 0.05) is 11.6 Å². The minimum atomic E-state index is 0.373. The number of hydrogen-bond acceptors (Lipinski definition) is 2. The molecule has 0 saturated heterocycles. The van der Waals surface area contributed by atoms with Crippen molar-refractivity contribution in [2.75, 3.05) is 13.7 Å². The molecule has 1 aromatic carbocycles. The number of aryl methyl sites for hydroxylation is 1. The molecule has 0 amide bonds.